The maximum atomic E-state index is 12.7. The SMILES string of the molecule is CC[C@@H](Cn1ccnc1)NS(=O)(=O)c1cccc(C(=O)NC2CCC2)c1. The molecule has 0 saturated heterocycles. The van der Waals surface area contributed by atoms with E-state index in [1.807, 2.05) is 11.5 Å². The summed E-state index contributed by atoms with van der Waals surface area (Å²) in [5.74, 6) is -0.225. The van der Waals surface area contributed by atoms with Gasteiger partial charge in [-0.2, -0.15) is 0 Å². The van der Waals surface area contributed by atoms with Crippen molar-refractivity contribution >= 4 is 15.9 Å². The highest BCUT2D eigenvalue weighted by Crippen LogP contribution is 2.19. The van der Waals surface area contributed by atoms with Gasteiger partial charge in [-0.05, 0) is 43.9 Å². The molecule has 1 atom stereocenters. The number of rotatable bonds is 8. The van der Waals surface area contributed by atoms with Gasteiger partial charge in [-0.25, -0.2) is 18.1 Å². The lowest BCUT2D eigenvalue weighted by Crippen LogP contribution is -2.39. The first-order valence-electron chi connectivity index (χ1n) is 8.87. The first-order chi connectivity index (χ1) is 12.5. The number of aromatic nitrogens is 2. The van der Waals surface area contributed by atoms with Crippen LogP contribution in [0.3, 0.4) is 0 Å². The van der Waals surface area contributed by atoms with Crippen LogP contribution in [0.5, 0.6) is 0 Å². The minimum Gasteiger partial charge on any atom is -0.349 e. The summed E-state index contributed by atoms with van der Waals surface area (Å²) in [5.41, 5.74) is 0.363. The quantitative estimate of drug-likeness (QED) is 0.736. The Bertz CT molecular complexity index is 845. The summed E-state index contributed by atoms with van der Waals surface area (Å²) in [6, 6.07) is 6.12. The van der Waals surface area contributed by atoms with E-state index in [1.165, 1.54) is 12.1 Å². The van der Waals surface area contributed by atoms with E-state index in [0.717, 1.165) is 19.3 Å². The van der Waals surface area contributed by atoms with E-state index < -0.39 is 10.0 Å². The predicted molar refractivity (Wildman–Crippen MR) is 98.2 cm³/mol. The number of nitrogens with zero attached hydrogens (tertiary/aromatic N) is 2. The van der Waals surface area contributed by atoms with Gasteiger partial charge in [0.05, 0.1) is 11.2 Å². The molecular weight excluding hydrogens is 352 g/mol. The van der Waals surface area contributed by atoms with Crippen LogP contribution in [0.2, 0.25) is 0 Å². The van der Waals surface area contributed by atoms with E-state index in [9.17, 15) is 13.2 Å². The Hall–Kier alpha value is -2.19. The van der Waals surface area contributed by atoms with Gasteiger partial charge < -0.3 is 9.88 Å². The number of amides is 1. The largest absolute Gasteiger partial charge is 0.349 e. The van der Waals surface area contributed by atoms with Crippen molar-refractivity contribution in [1.29, 1.82) is 0 Å². The van der Waals surface area contributed by atoms with Crippen molar-refractivity contribution in [1.82, 2.24) is 19.6 Å². The number of benzene rings is 1. The molecule has 7 nitrogen and oxygen atoms in total. The second kappa shape index (κ2) is 8.01. The molecule has 1 saturated carbocycles. The summed E-state index contributed by atoms with van der Waals surface area (Å²) in [6.07, 6.45) is 8.84. The van der Waals surface area contributed by atoms with Crippen molar-refractivity contribution in [3.05, 3.63) is 48.5 Å². The third-order valence-electron chi connectivity index (χ3n) is 4.65. The average molecular weight is 376 g/mol. The van der Waals surface area contributed by atoms with Crippen LogP contribution in [-0.4, -0.2) is 36.0 Å². The van der Waals surface area contributed by atoms with E-state index in [4.69, 9.17) is 0 Å². The standard InChI is InChI=1S/C18H24N4O3S/c1-2-15(12-22-10-9-19-13-22)21-26(24,25)17-8-3-5-14(11-17)18(23)20-16-6-4-7-16/h3,5,8-11,13,15-16,21H,2,4,6-7,12H2,1H3,(H,20,23)/t15-/m0/s1. The molecule has 1 aliphatic carbocycles. The Kier molecular flexibility index (Phi) is 5.73. The summed E-state index contributed by atoms with van der Waals surface area (Å²) >= 11 is 0. The maximum absolute atomic E-state index is 12.7. The maximum Gasteiger partial charge on any atom is 0.251 e. The number of imidazole rings is 1. The highest BCUT2D eigenvalue weighted by Gasteiger charge is 2.23. The van der Waals surface area contributed by atoms with Gasteiger partial charge in [-0.1, -0.05) is 13.0 Å². The number of carbonyl (C=O) groups excluding carboxylic acids is 1. The Morgan fingerprint density at radius 2 is 2.19 bits per heavy atom. The van der Waals surface area contributed by atoms with Crippen molar-refractivity contribution in [2.24, 2.45) is 0 Å². The normalized spacial score (nSPS) is 16.0. The monoisotopic (exact) mass is 376 g/mol. The molecule has 8 heteroatoms. The van der Waals surface area contributed by atoms with Gasteiger partial charge in [0.2, 0.25) is 10.0 Å². The van der Waals surface area contributed by atoms with Crippen LogP contribution in [0.1, 0.15) is 43.0 Å². The molecular formula is C18H24N4O3S. The second-order valence-corrected chi connectivity index (χ2v) is 8.33. The van der Waals surface area contributed by atoms with Crippen LogP contribution in [0.25, 0.3) is 0 Å². The van der Waals surface area contributed by atoms with E-state index in [0.29, 0.717) is 18.5 Å². The van der Waals surface area contributed by atoms with Crippen molar-refractivity contribution in [3.8, 4) is 0 Å². The summed E-state index contributed by atoms with van der Waals surface area (Å²) in [6.45, 7) is 2.42. The van der Waals surface area contributed by atoms with Crippen molar-refractivity contribution < 1.29 is 13.2 Å². The highest BCUT2D eigenvalue weighted by molar-refractivity contribution is 7.89. The molecule has 0 unspecified atom stereocenters. The minimum atomic E-state index is -3.71. The molecule has 0 aliphatic heterocycles. The van der Waals surface area contributed by atoms with Gasteiger partial charge in [0, 0.05) is 36.6 Å². The van der Waals surface area contributed by atoms with Crippen LogP contribution in [0.4, 0.5) is 0 Å². The fraction of sp³-hybridized carbons (Fsp3) is 0.444. The summed E-state index contributed by atoms with van der Waals surface area (Å²) in [5, 5.41) is 2.93. The number of hydrogen-bond acceptors (Lipinski definition) is 4. The molecule has 1 aromatic heterocycles. The molecule has 1 aliphatic rings. The van der Waals surface area contributed by atoms with E-state index >= 15 is 0 Å². The molecule has 3 rings (SSSR count). The highest BCUT2D eigenvalue weighted by atomic mass is 32.2. The van der Waals surface area contributed by atoms with Gasteiger partial charge in [-0.3, -0.25) is 4.79 Å². The second-order valence-electron chi connectivity index (χ2n) is 6.62. The van der Waals surface area contributed by atoms with E-state index in [2.05, 4.69) is 15.0 Å². The molecule has 140 valence electrons. The first kappa shape index (κ1) is 18.6. The zero-order valence-electron chi connectivity index (χ0n) is 14.8. The lowest BCUT2D eigenvalue weighted by Gasteiger charge is -2.26. The average Bonchev–Trinajstić information content (AvgIpc) is 3.10. The smallest absolute Gasteiger partial charge is 0.251 e. The predicted octanol–water partition coefficient (Wildman–Crippen LogP) is 1.92. The Morgan fingerprint density at radius 3 is 2.81 bits per heavy atom. The van der Waals surface area contributed by atoms with Crippen LogP contribution in [0, 0.1) is 0 Å². The molecule has 1 amide bonds. The third-order valence-corrected chi connectivity index (χ3v) is 6.17. The van der Waals surface area contributed by atoms with Crippen LogP contribution in [-0.2, 0) is 16.6 Å². The third kappa shape index (κ3) is 4.50. The van der Waals surface area contributed by atoms with Crippen LogP contribution in [0.15, 0.2) is 47.9 Å². The van der Waals surface area contributed by atoms with E-state index in [1.54, 1.807) is 30.9 Å². The fourth-order valence-electron chi connectivity index (χ4n) is 2.81. The van der Waals surface area contributed by atoms with Gasteiger partial charge >= 0.3 is 0 Å². The molecule has 0 bridgehead atoms. The molecule has 26 heavy (non-hydrogen) atoms. The van der Waals surface area contributed by atoms with Gasteiger partial charge in [-0.15, -0.1) is 0 Å². The van der Waals surface area contributed by atoms with Crippen molar-refractivity contribution in [3.63, 3.8) is 0 Å². The Morgan fingerprint density at radius 1 is 1.38 bits per heavy atom. The molecule has 2 N–H and O–H groups in total. The molecule has 0 radical (unpaired) electrons. The number of hydrogen-bond donors (Lipinski definition) is 2. The summed E-state index contributed by atoms with van der Waals surface area (Å²) in [4.78, 5) is 16.4. The lowest BCUT2D eigenvalue weighted by molar-refractivity contribution is 0.0916. The minimum absolute atomic E-state index is 0.0999. The first-order valence-corrected chi connectivity index (χ1v) is 10.4. The van der Waals surface area contributed by atoms with Gasteiger partial charge in [0.1, 0.15) is 0 Å². The van der Waals surface area contributed by atoms with Crippen LogP contribution >= 0.6 is 0 Å². The van der Waals surface area contributed by atoms with Gasteiger partial charge in [0.15, 0.2) is 0 Å². The van der Waals surface area contributed by atoms with Gasteiger partial charge in [0.25, 0.3) is 5.91 Å². The fourth-order valence-corrected chi connectivity index (χ4v) is 4.17. The number of sulfonamides is 1. The zero-order chi connectivity index (χ0) is 18.6. The number of nitrogens with one attached hydrogen (secondary N) is 2. The lowest BCUT2D eigenvalue weighted by atomic mass is 9.93. The Balaban J connectivity index is 1.71. The van der Waals surface area contributed by atoms with E-state index in [-0.39, 0.29) is 22.9 Å². The molecule has 0 spiro atoms. The summed E-state index contributed by atoms with van der Waals surface area (Å²) in [7, 11) is -3.71. The topological polar surface area (TPSA) is 93.1 Å². The molecule has 2 aromatic rings. The Labute approximate surface area is 153 Å². The molecule has 1 fully saturated rings. The van der Waals surface area contributed by atoms with Crippen molar-refractivity contribution in [2.75, 3.05) is 0 Å². The molecule has 1 aromatic carbocycles. The molecule has 1 heterocycles. The summed E-state index contributed by atoms with van der Waals surface area (Å²) < 4.78 is 30.0. The zero-order valence-corrected chi connectivity index (χ0v) is 15.6. The number of carbonyl (C=O) groups is 1. The van der Waals surface area contributed by atoms with Crippen molar-refractivity contribution in [2.45, 2.75) is 56.1 Å². The van der Waals surface area contributed by atoms with Crippen LogP contribution < -0.4 is 10.0 Å².